The Morgan fingerprint density at radius 1 is 1.29 bits per heavy atom. The van der Waals surface area contributed by atoms with Gasteiger partial charge < -0.3 is 5.32 Å². The second-order valence-corrected chi connectivity index (χ2v) is 11.2. The normalized spacial score (nSPS) is 14.7. The van der Waals surface area contributed by atoms with Crippen molar-refractivity contribution >= 4 is 43.3 Å². The zero-order valence-electron chi connectivity index (χ0n) is 17.2. The highest BCUT2D eigenvalue weighted by Crippen LogP contribution is 2.30. The summed E-state index contributed by atoms with van der Waals surface area (Å²) < 4.78 is 27.7. The van der Waals surface area contributed by atoms with Gasteiger partial charge in [-0.1, -0.05) is 12.1 Å². The van der Waals surface area contributed by atoms with Crippen LogP contribution in [0.1, 0.15) is 30.8 Å². The molecule has 11 heteroatoms. The van der Waals surface area contributed by atoms with Crippen LogP contribution >= 0.6 is 11.3 Å². The summed E-state index contributed by atoms with van der Waals surface area (Å²) >= 11 is 1.29. The molecule has 9 nitrogen and oxygen atoms in total. The first-order valence-corrected chi connectivity index (χ1v) is 12.3. The number of rotatable bonds is 6. The summed E-state index contributed by atoms with van der Waals surface area (Å²) in [5, 5.41) is 3.25. The fraction of sp³-hybridized carbons (Fsp3) is 0.400. The number of thiazole rings is 1. The van der Waals surface area contributed by atoms with E-state index < -0.39 is 15.3 Å². The van der Waals surface area contributed by atoms with E-state index in [4.69, 9.17) is 0 Å². The Labute approximate surface area is 183 Å². The Morgan fingerprint density at radius 2 is 2.06 bits per heavy atom. The molecule has 0 spiro atoms. The quantitative estimate of drug-likeness (QED) is 0.600. The standard InChI is InChI=1S/C20H23N5O4S2/c1-13(2)31(28,29)25-10-7-16-17(11-25)30-20(22-16)23-18(26)8-9-24-12-21-15-6-4-3-5-14(15)19(24)27/h3-6,12-13H,7-11H2,1-2H3,(H,22,23,26). The first-order chi connectivity index (χ1) is 14.8. The van der Waals surface area contributed by atoms with Gasteiger partial charge in [0.1, 0.15) is 0 Å². The number of amides is 1. The van der Waals surface area contributed by atoms with Crippen molar-refractivity contribution in [3.05, 3.63) is 51.5 Å². The number of aryl methyl sites for hydroxylation is 1. The van der Waals surface area contributed by atoms with Crippen LogP contribution in [0.25, 0.3) is 10.9 Å². The van der Waals surface area contributed by atoms with Gasteiger partial charge in [-0.05, 0) is 26.0 Å². The number of carbonyl (C=O) groups is 1. The number of nitrogens with one attached hydrogen (secondary N) is 1. The van der Waals surface area contributed by atoms with Gasteiger partial charge in [-0.25, -0.2) is 18.4 Å². The Hall–Kier alpha value is -2.63. The summed E-state index contributed by atoms with van der Waals surface area (Å²) in [6.07, 6.45) is 2.06. The van der Waals surface area contributed by atoms with Gasteiger partial charge in [0.2, 0.25) is 15.9 Å². The smallest absolute Gasteiger partial charge is 0.261 e. The van der Waals surface area contributed by atoms with E-state index >= 15 is 0 Å². The lowest BCUT2D eigenvalue weighted by Crippen LogP contribution is -2.39. The number of benzene rings is 1. The topological polar surface area (TPSA) is 114 Å². The molecule has 1 amide bonds. The maximum Gasteiger partial charge on any atom is 0.261 e. The molecule has 0 saturated carbocycles. The van der Waals surface area contributed by atoms with Gasteiger partial charge in [-0.3, -0.25) is 14.2 Å². The van der Waals surface area contributed by atoms with E-state index in [0.29, 0.717) is 29.0 Å². The minimum atomic E-state index is -3.33. The van der Waals surface area contributed by atoms with Crippen LogP contribution in [0, 0.1) is 0 Å². The molecule has 31 heavy (non-hydrogen) atoms. The van der Waals surface area contributed by atoms with Crippen LogP contribution in [-0.2, 0) is 34.3 Å². The average Bonchev–Trinajstić information content (AvgIpc) is 3.14. The molecule has 1 aliphatic rings. The Balaban J connectivity index is 1.40. The van der Waals surface area contributed by atoms with Crippen molar-refractivity contribution in [3.63, 3.8) is 0 Å². The molecule has 0 fully saturated rings. The Kier molecular flexibility index (Phi) is 5.91. The van der Waals surface area contributed by atoms with Crippen LogP contribution in [0.3, 0.4) is 0 Å². The lowest BCUT2D eigenvalue weighted by Gasteiger charge is -2.26. The molecule has 2 aromatic heterocycles. The summed E-state index contributed by atoms with van der Waals surface area (Å²) in [5.41, 5.74) is 1.26. The summed E-state index contributed by atoms with van der Waals surface area (Å²) in [5.74, 6) is -0.266. The highest BCUT2D eigenvalue weighted by Gasteiger charge is 2.31. The zero-order chi connectivity index (χ0) is 22.2. The fourth-order valence-electron chi connectivity index (χ4n) is 3.41. The SMILES string of the molecule is CC(C)S(=O)(=O)N1CCc2nc(NC(=O)CCn3cnc4ccccc4c3=O)sc2C1. The predicted molar refractivity (Wildman–Crippen MR) is 120 cm³/mol. The van der Waals surface area contributed by atoms with Crippen molar-refractivity contribution < 1.29 is 13.2 Å². The maximum atomic E-state index is 12.5. The van der Waals surface area contributed by atoms with Crippen molar-refractivity contribution in [1.29, 1.82) is 0 Å². The van der Waals surface area contributed by atoms with Gasteiger partial charge in [-0.15, -0.1) is 11.3 Å². The number of nitrogens with zero attached hydrogens (tertiary/aromatic N) is 4. The molecule has 4 rings (SSSR count). The molecule has 0 saturated heterocycles. The molecule has 0 atom stereocenters. The molecule has 0 unspecified atom stereocenters. The molecule has 0 radical (unpaired) electrons. The van der Waals surface area contributed by atoms with Crippen molar-refractivity contribution in [2.75, 3.05) is 11.9 Å². The maximum absolute atomic E-state index is 12.5. The van der Waals surface area contributed by atoms with Gasteiger partial charge in [-0.2, -0.15) is 4.31 Å². The summed E-state index contributed by atoms with van der Waals surface area (Å²) in [6.45, 7) is 4.21. The van der Waals surface area contributed by atoms with E-state index in [9.17, 15) is 18.0 Å². The number of hydrogen-bond donors (Lipinski definition) is 1. The number of sulfonamides is 1. The van der Waals surface area contributed by atoms with E-state index in [-0.39, 0.29) is 31.0 Å². The number of fused-ring (bicyclic) bond motifs is 2. The van der Waals surface area contributed by atoms with Crippen molar-refractivity contribution in [3.8, 4) is 0 Å². The minimum Gasteiger partial charge on any atom is -0.302 e. The number of anilines is 1. The van der Waals surface area contributed by atoms with Crippen LogP contribution in [0.5, 0.6) is 0 Å². The molecule has 1 aromatic carbocycles. The summed E-state index contributed by atoms with van der Waals surface area (Å²) in [4.78, 5) is 34.5. The second-order valence-electron chi connectivity index (χ2n) is 7.62. The molecular weight excluding hydrogens is 438 g/mol. The van der Waals surface area contributed by atoms with E-state index in [0.717, 1.165) is 10.6 Å². The number of para-hydroxylation sites is 1. The summed E-state index contributed by atoms with van der Waals surface area (Å²) in [6, 6.07) is 7.08. The zero-order valence-corrected chi connectivity index (χ0v) is 18.9. The fourth-order valence-corrected chi connectivity index (χ4v) is 5.78. The lowest BCUT2D eigenvalue weighted by atomic mass is 10.2. The summed E-state index contributed by atoms with van der Waals surface area (Å²) in [7, 11) is -3.33. The van der Waals surface area contributed by atoms with Gasteiger partial charge in [0, 0.05) is 37.4 Å². The van der Waals surface area contributed by atoms with Gasteiger partial charge in [0.15, 0.2) is 5.13 Å². The molecule has 0 bridgehead atoms. The molecule has 1 N–H and O–H groups in total. The third-order valence-corrected chi connectivity index (χ3v) is 8.43. The van der Waals surface area contributed by atoms with Crippen LogP contribution in [0.2, 0.25) is 0 Å². The molecule has 0 aliphatic carbocycles. The second kappa shape index (κ2) is 8.48. The first kappa shape index (κ1) is 21.6. The van der Waals surface area contributed by atoms with Crippen LogP contribution in [0.4, 0.5) is 5.13 Å². The van der Waals surface area contributed by atoms with Crippen LogP contribution in [-0.4, -0.2) is 45.0 Å². The monoisotopic (exact) mass is 461 g/mol. The first-order valence-electron chi connectivity index (χ1n) is 9.97. The average molecular weight is 462 g/mol. The highest BCUT2D eigenvalue weighted by molar-refractivity contribution is 7.89. The Morgan fingerprint density at radius 3 is 2.84 bits per heavy atom. The van der Waals surface area contributed by atoms with E-state index in [1.807, 2.05) is 6.07 Å². The van der Waals surface area contributed by atoms with Crippen LogP contribution < -0.4 is 10.9 Å². The number of carbonyl (C=O) groups excluding carboxylic acids is 1. The molecule has 1 aliphatic heterocycles. The number of aromatic nitrogens is 3. The number of hydrogen-bond acceptors (Lipinski definition) is 7. The van der Waals surface area contributed by atoms with E-state index in [1.165, 1.54) is 26.5 Å². The van der Waals surface area contributed by atoms with Crippen molar-refractivity contribution in [2.24, 2.45) is 0 Å². The van der Waals surface area contributed by atoms with E-state index in [2.05, 4.69) is 15.3 Å². The predicted octanol–water partition coefficient (Wildman–Crippen LogP) is 1.98. The van der Waals surface area contributed by atoms with Crippen LogP contribution in [0.15, 0.2) is 35.4 Å². The van der Waals surface area contributed by atoms with Gasteiger partial charge in [0.25, 0.3) is 5.56 Å². The molecule has 3 aromatic rings. The third kappa shape index (κ3) is 4.39. The van der Waals surface area contributed by atoms with E-state index in [1.54, 1.807) is 32.0 Å². The van der Waals surface area contributed by atoms with Crippen molar-refractivity contribution in [2.45, 2.75) is 45.0 Å². The minimum absolute atomic E-state index is 0.0953. The largest absolute Gasteiger partial charge is 0.302 e. The highest BCUT2D eigenvalue weighted by atomic mass is 32.2. The third-order valence-electron chi connectivity index (χ3n) is 5.21. The van der Waals surface area contributed by atoms with Gasteiger partial charge in [0.05, 0.1) is 28.2 Å². The molecule has 164 valence electrons. The molecule has 3 heterocycles. The van der Waals surface area contributed by atoms with Gasteiger partial charge >= 0.3 is 0 Å². The van der Waals surface area contributed by atoms with Crippen molar-refractivity contribution in [1.82, 2.24) is 18.8 Å². The molecular formula is C20H23N5O4S2. The Bertz CT molecular complexity index is 1300. The lowest BCUT2D eigenvalue weighted by molar-refractivity contribution is -0.116.